The van der Waals surface area contributed by atoms with Crippen molar-refractivity contribution in [1.29, 1.82) is 0 Å². The molecule has 0 amide bonds. The zero-order valence-electron chi connectivity index (χ0n) is 9.61. The average molecular weight is 282 g/mol. The summed E-state index contributed by atoms with van der Waals surface area (Å²) in [4.78, 5) is 2.74. The minimum atomic E-state index is 0. The molecule has 0 aliphatic carbocycles. The fraction of sp³-hybridized carbons (Fsp3) is 0.0667. The van der Waals surface area contributed by atoms with Gasteiger partial charge in [0.1, 0.15) is 0 Å². The summed E-state index contributed by atoms with van der Waals surface area (Å²) >= 11 is 1.85. The van der Waals surface area contributed by atoms with Crippen molar-refractivity contribution in [1.82, 2.24) is 0 Å². The Morgan fingerprint density at radius 3 is 2.06 bits per heavy atom. The quantitative estimate of drug-likeness (QED) is 0.442. The molecule has 1 heterocycles. The Kier molecular flexibility index (Phi) is 5.99. The smallest absolute Gasteiger partial charge is 0.214 e. The molecule has 0 aliphatic heterocycles. The Hall–Kier alpha value is -1.08. The molecule has 0 unspecified atom stereocenters. The maximum Gasteiger partial charge on any atom is 2.00 e. The van der Waals surface area contributed by atoms with Gasteiger partial charge in [-0.05, 0) is 16.7 Å². The van der Waals surface area contributed by atoms with Crippen LogP contribution in [0, 0.1) is 6.92 Å². The average Bonchev–Trinajstić information content (AvgIpc) is 3.03. The van der Waals surface area contributed by atoms with E-state index in [-0.39, 0.29) is 17.1 Å². The molecule has 0 nitrogen and oxygen atoms in total. The van der Waals surface area contributed by atoms with Crippen LogP contribution >= 0.6 is 11.3 Å². The summed E-state index contributed by atoms with van der Waals surface area (Å²) < 4.78 is 0. The van der Waals surface area contributed by atoms with Crippen LogP contribution in [0.15, 0.2) is 66.7 Å². The predicted molar refractivity (Wildman–Crippen MR) is 72.1 cm³/mol. The van der Waals surface area contributed by atoms with Crippen molar-refractivity contribution in [2.24, 2.45) is 0 Å². The SMILES string of the molecule is Cc1ccc(-[c-]2cccc2)s1.[Fe+2].c1cc[cH-]c1. The summed E-state index contributed by atoms with van der Waals surface area (Å²) in [5.74, 6) is 0. The molecule has 2 aromatic carbocycles. The van der Waals surface area contributed by atoms with Crippen molar-refractivity contribution in [2.45, 2.75) is 6.92 Å². The molecule has 0 N–H and O–H groups in total. The van der Waals surface area contributed by atoms with Crippen molar-refractivity contribution in [3.8, 4) is 10.4 Å². The molecule has 3 aromatic rings. The Labute approximate surface area is 117 Å². The third-order valence-corrected chi connectivity index (χ3v) is 3.29. The van der Waals surface area contributed by atoms with Crippen LogP contribution in [0.4, 0.5) is 0 Å². The van der Waals surface area contributed by atoms with Crippen LogP contribution in [0.5, 0.6) is 0 Å². The molecule has 0 saturated carbocycles. The van der Waals surface area contributed by atoms with E-state index >= 15 is 0 Å². The predicted octanol–water partition coefficient (Wildman–Crippen LogP) is 4.85. The standard InChI is InChI=1S/C10H9S.C5H5.Fe/c1-8-6-7-10(11-8)9-4-2-3-5-9;1-2-4-5-3-1;/h2-7H,1H3;1-5H;/q2*-1;+2. The van der Waals surface area contributed by atoms with Crippen LogP contribution in [0.2, 0.25) is 0 Å². The van der Waals surface area contributed by atoms with E-state index in [1.54, 1.807) is 0 Å². The van der Waals surface area contributed by atoms with E-state index in [9.17, 15) is 0 Å². The van der Waals surface area contributed by atoms with Gasteiger partial charge in [-0.25, -0.2) is 12.1 Å². The molecule has 0 atom stereocenters. The molecule has 0 fully saturated rings. The van der Waals surface area contributed by atoms with Gasteiger partial charge < -0.3 is 0 Å². The Bertz CT molecular complexity index is 472. The Morgan fingerprint density at radius 1 is 1.00 bits per heavy atom. The summed E-state index contributed by atoms with van der Waals surface area (Å²) in [6.45, 7) is 2.14. The number of thiophene rings is 1. The minimum absolute atomic E-state index is 0. The van der Waals surface area contributed by atoms with Gasteiger partial charge in [-0.2, -0.15) is 41.7 Å². The van der Waals surface area contributed by atoms with Gasteiger partial charge in [0, 0.05) is 0 Å². The molecule has 0 aliphatic rings. The van der Waals surface area contributed by atoms with Gasteiger partial charge in [0.2, 0.25) is 0 Å². The number of rotatable bonds is 1. The first-order valence-electron chi connectivity index (χ1n) is 5.31. The van der Waals surface area contributed by atoms with E-state index in [0.717, 1.165) is 0 Å². The van der Waals surface area contributed by atoms with Gasteiger partial charge in [-0.3, -0.25) is 0 Å². The number of hydrogen-bond donors (Lipinski definition) is 0. The molecule has 3 rings (SSSR count). The van der Waals surface area contributed by atoms with Crippen molar-refractivity contribution in [3.63, 3.8) is 0 Å². The summed E-state index contributed by atoms with van der Waals surface area (Å²) in [7, 11) is 0. The molecule has 2 heteroatoms. The molecular weight excluding hydrogens is 268 g/mol. The van der Waals surface area contributed by atoms with E-state index < -0.39 is 0 Å². The zero-order valence-corrected chi connectivity index (χ0v) is 11.5. The first-order valence-corrected chi connectivity index (χ1v) is 6.13. The zero-order chi connectivity index (χ0) is 11.2. The maximum atomic E-state index is 2.18. The summed E-state index contributed by atoms with van der Waals surface area (Å²) in [6.07, 6.45) is 0. The molecule has 17 heavy (non-hydrogen) atoms. The Morgan fingerprint density at radius 2 is 1.65 bits per heavy atom. The van der Waals surface area contributed by atoms with Crippen LogP contribution in [-0.4, -0.2) is 0 Å². The van der Waals surface area contributed by atoms with Crippen molar-refractivity contribution < 1.29 is 17.1 Å². The fourth-order valence-corrected chi connectivity index (χ4v) is 2.32. The summed E-state index contributed by atoms with van der Waals surface area (Å²) in [5, 5.41) is 0. The molecule has 0 spiro atoms. The summed E-state index contributed by atoms with van der Waals surface area (Å²) in [6, 6.07) is 22.8. The van der Waals surface area contributed by atoms with Gasteiger partial charge in [0.15, 0.2) is 0 Å². The van der Waals surface area contributed by atoms with Gasteiger partial charge in [-0.15, -0.1) is 23.8 Å². The van der Waals surface area contributed by atoms with E-state index in [1.165, 1.54) is 15.3 Å². The largest absolute Gasteiger partial charge is 2.00 e. The van der Waals surface area contributed by atoms with Gasteiger partial charge >= 0.3 is 17.1 Å². The monoisotopic (exact) mass is 282 g/mol. The maximum absolute atomic E-state index is 2.18. The van der Waals surface area contributed by atoms with Crippen molar-refractivity contribution in [3.05, 3.63) is 71.6 Å². The second kappa shape index (κ2) is 7.29. The second-order valence-corrected chi connectivity index (χ2v) is 4.83. The molecule has 88 valence electrons. The summed E-state index contributed by atoms with van der Waals surface area (Å²) in [5.41, 5.74) is 1.34. The van der Waals surface area contributed by atoms with E-state index in [4.69, 9.17) is 0 Å². The molecule has 0 radical (unpaired) electrons. The van der Waals surface area contributed by atoms with E-state index in [1.807, 2.05) is 41.7 Å². The molecule has 0 saturated heterocycles. The molecular formula is C15H14FeS. The van der Waals surface area contributed by atoms with Crippen LogP contribution in [0.1, 0.15) is 4.88 Å². The fourth-order valence-electron chi connectivity index (χ4n) is 1.45. The van der Waals surface area contributed by atoms with E-state index in [0.29, 0.717) is 0 Å². The van der Waals surface area contributed by atoms with Crippen molar-refractivity contribution >= 4 is 11.3 Å². The molecule has 0 bridgehead atoms. The number of hydrogen-bond acceptors (Lipinski definition) is 1. The number of aryl methyl sites for hydroxylation is 1. The van der Waals surface area contributed by atoms with Gasteiger partial charge in [-0.1, -0.05) is 6.07 Å². The second-order valence-electron chi connectivity index (χ2n) is 3.55. The van der Waals surface area contributed by atoms with Gasteiger partial charge in [0.05, 0.1) is 0 Å². The van der Waals surface area contributed by atoms with E-state index in [2.05, 4.69) is 43.3 Å². The first-order chi connectivity index (χ1) is 7.86. The van der Waals surface area contributed by atoms with Crippen LogP contribution in [0.3, 0.4) is 0 Å². The Balaban J connectivity index is 0.000000205. The topological polar surface area (TPSA) is 0 Å². The van der Waals surface area contributed by atoms with Crippen LogP contribution in [-0.2, 0) is 17.1 Å². The normalized spacial score (nSPS) is 9.00. The third-order valence-electron chi connectivity index (χ3n) is 2.24. The van der Waals surface area contributed by atoms with Crippen molar-refractivity contribution in [2.75, 3.05) is 0 Å². The van der Waals surface area contributed by atoms with Crippen LogP contribution < -0.4 is 0 Å². The van der Waals surface area contributed by atoms with Crippen LogP contribution in [0.25, 0.3) is 10.4 Å². The minimum Gasteiger partial charge on any atom is -0.214 e. The molecule has 1 aromatic heterocycles. The third kappa shape index (κ3) is 4.35. The first kappa shape index (κ1) is 14.0. The van der Waals surface area contributed by atoms with Gasteiger partial charge in [0.25, 0.3) is 0 Å².